The third-order valence-electron chi connectivity index (χ3n) is 3.35. The highest BCUT2D eigenvalue weighted by molar-refractivity contribution is 7.18. The fraction of sp³-hybridized carbons (Fsp3) is 0.462. The van der Waals surface area contributed by atoms with Crippen LogP contribution in [0.3, 0.4) is 0 Å². The normalized spacial score (nSPS) is 18.3. The summed E-state index contributed by atoms with van der Waals surface area (Å²) < 4.78 is 5.24. The van der Waals surface area contributed by atoms with Gasteiger partial charge in [-0.05, 0) is 44.0 Å². The first kappa shape index (κ1) is 13.3. The van der Waals surface area contributed by atoms with E-state index in [1.807, 2.05) is 6.07 Å². The van der Waals surface area contributed by atoms with Crippen LogP contribution in [0.4, 0.5) is 5.13 Å². The van der Waals surface area contributed by atoms with Crippen molar-refractivity contribution < 1.29 is 9.21 Å². The van der Waals surface area contributed by atoms with Gasteiger partial charge in [-0.1, -0.05) is 11.3 Å². The number of furan rings is 1. The summed E-state index contributed by atoms with van der Waals surface area (Å²) in [5.74, 6) is 1.29. The molecule has 1 fully saturated rings. The molecule has 1 aliphatic rings. The second-order valence-corrected chi connectivity index (χ2v) is 5.81. The molecule has 6 nitrogen and oxygen atoms in total. The number of carbonyl (C=O) groups is 1. The number of hydrogen-bond donors (Lipinski definition) is 2. The predicted octanol–water partition coefficient (Wildman–Crippen LogP) is 2.13. The zero-order chi connectivity index (χ0) is 13.8. The average Bonchev–Trinajstić information content (AvgIpc) is 3.18. The molecule has 0 bridgehead atoms. The smallest absolute Gasteiger partial charge is 0.226 e. The Balaban J connectivity index is 1.51. The molecule has 2 aromatic heterocycles. The van der Waals surface area contributed by atoms with Gasteiger partial charge in [-0.15, -0.1) is 10.2 Å². The lowest BCUT2D eigenvalue weighted by Crippen LogP contribution is -2.14. The van der Waals surface area contributed by atoms with Crippen molar-refractivity contribution in [1.82, 2.24) is 15.5 Å². The topological polar surface area (TPSA) is 80.0 Å². The summed E-state index contributed by atoms with van der Waals surface area (Å²) in [4.78, 5) is 11.8. The zero-order valence-electron chi connectivity index (χ0n) is 11.0. The minimum atomic E-state index is -0.000884. The highest BCUT2D eigenvalue weighted by Gasteiger charge is 2.16. The Labute approximate surface area is 120 Å². The van der Waals surface area contributed by atoms with Crippen molar-refractivity contribution in [2.75, 3.05) is 18.4 Å². The minimum Gasteiger partial charge on any atom is -0.462 e. The van der Waals surface area contributed by atoms with E-state index in [0.717, 1.165) is 25.9 Å². The highest BCUT2D eigenvalue weighted by atomic mass is 32.1. The predicted molar refractivity (Wildman–Crippen MR) is 76.5 cm³/mol. The summed E-state index contributed by atoms with van der Waals surface area (Å²) in [6.07, 6.45) is 4.20. The summed E-state index contributed by atoms with van der Waals surface area (Å²) in [7, 11) is 0. The van der Waals surface area contributed by atoms with Gasteiger partial charge in [0.25, 0.3) is 0 Å². The van der Waals surface area contributed by atoms with Crippen molar-refractivity contribution in [2.45, 2.75) is 19.3 Å². The second kappa shape index (κ2) is 6.15. The number of nitrogens with zero attached hydrogens (tertiary/aromatic N) is 2. The molecule has 1 amide bonds. The molecule has 0 spiro atoms. The van der Waals surface area contributed by atoms with Crippen LogP contribution in [0.5, 0.6) is 0 Å². The number of amides is 1. The van der Waals surface area contributed by atoms with E-state index in [1.54, 1.807) is 12.3 Å². The van der Waals surface area contributed by atoms with E-state index in [0.29, 0.717) is 28.2 Å². The molecule has 0 aromatic carbocycles. The van der Waals surface area contributed by atoms with Gasteiger partial charge < -0.3 is 15.1 Å². The maximum atomic E-state index is 11.8. The third-order valence-corrected chi connectivity index (χ3v) is 4.20. The quantitative estimate of drug-likeness (QED) is 0.882. The Morgan fingerprint density at radius 3 is 3.25 bits per heavy atom. The number of aromatic nitrogens is 2. The Kier molecular flexibility index (Phi) is 4.08. The fourth-order valence-corrected chi connectivity index (χ4v) is 2.98. The number of hydrogen-bond acceptors (Lipinski definition) is 6. The van der Waals surface area contributed by atoms with Crippen molar-refractivity contribution in [2.24, 2.45) is 5.92 Å². The van der Waals surface area contributed by atoms with Crippen LogP contribution >= 0.6 is 11.3 Å². The minimum absolute atomic E-state index is 0.000884. The molecule has 0 aliphatic carbocycles. The standard InChI is InChI=1S/C13H16N4O2S/c18-11(4-3-9-5-6-14-8-9)15-13-17-16-12(20-13)10-2-1-7-19-10/h1-2,7,9,14H,3-6,8H2,(H,15,17,18). The van der Waals surface area contributed by atoms with Crippen molar-refractivity contribution in [3.8, 4) is 10.8 Å². The summed E-state index contributed by atoms with van der Waals surface area (Å²) in [6.45, 7) is 2.09. The summed E-state index contributed by atoms with van der Waals surface area (Å²) >= 11 is 1.32. The highest BCUT2D eigenvalue weighted by Crippen LogP contribution is 2.26. The fourth-order valence-electron chi connectivity index (χ4n) is 2.25. The van der Waals surface area contributed by atoms with Gasteiger partial charge in [0.2, 0.25) is 11.0 Å². The van der Waals surface area contributed by atoms with Crippen LogP contribution < -0.4 is 10.6 Å². The Morgan fingerprint density at radius 1 is 1.55 bits per heavy atom. The van der Waals surface area contributed by atoms with Crippen molar-refractivity contribution in [3.05, 3.63) is 18.4 Å². The number of carbonyl (C=O) groups excluding carboxylic acids is 1. The van der Waals surface area contributed by atoms with Gasteiger partial charge in [0.1, 0.15) is 0 Å². The van der Waals surface area contributed by atoms with Gasteiger partial charge in [0.15, 0.2) is 10.8 Å². The van der Waals surface area contributed by atoms with E-state index >= 15 is 0 Å². The maximum absolute atomic E-state index is 11.8. The third kappa shape index (κ3) is 3.23. The van der Waals surface area contributed by atoms with Crippen LogP contribution in [0.25, 0.3) is 10.8 Å². The molecule has 106 valence electrons. The van der Waals surface area contributed by atoms with Crippen LogP contribution in [-0.2, 0) is 4.79 Å². The molecule has 7 heteroatoms. The van der Waals surface area contributed by atoms with Gasteiger partial charge in [-0.3, -0.25) is 4.79 Å². The van der Waals surface area contributed by atoms with Crippen LogP contribution in [0, 0.1) is 5.92 Å². The molecule has 3 heterocycles. The summed E-state index contributed by atoms with van der Waals surface area (Å²) in [5.41, 5.74) is 0. The first-order valence-electron chi connectivity index (χ1n) is 6.69. The Morgan fingerprint density at radius 2 is 2.50 bits per heavy atom. The van der Waals surface area contributed by atoms with Gasteiger partial charge in [0.05, 0.1) is 6.26 Å². The molecule has 2 N–H and O–H groups in total. The molecule has 2 aromatic rings. The lowest BCUT2D eigenvalue weighted by molar-refractivity contribution is -0.116. The van der Waals surface area contributed by atoms with E-state index in [9.17, 15) is 4.79 Å². The van der Waals surface area contributed by atoms with Gasteiger partial charge in [-0.2, -0.15) is 0 Å². The molecule has 1 aliphatic heterocycles. The zero-order valence-corrected chi connectivity index (χ0v) is 11.8. The second-order valence-electron chi connectivity index (χ2n) is 4.84. The SMILES string of the molecule is O=C(CCC1CCNC1)Nc1nnc(-c2ccco2)s1. The molecule has 1 saturated heterocycles. The van der Waals surface area contributed by atoms with Crippen molar-refractivity contribution in [3.63, 3.8) is 0 Å². The summed E-state index contributed by atoms with van der Waals surface area (Å²) in [6, 6.07) is 3.61. The van der Waals surface area contributed by atoms with Crippen LogP contribution in [0.15, 0.2) is 22.8 Å². The molecule has 3 rings (SSSR count). The van der Waals surface area contributed by atoms with E-state index in [4.69, 9.17) is 4.42 Å². The first-order chi connectivity index (χ1) is 9.81. The lowest BCUT2D eigenvalue weighted by Gasteiger charge is -2.06. The van der Waals surface area contributed by atoms with Crippen LogP contribution in [0.2, 0.25) is 0 Å². The number of nitrogens with one attached hydrogen (secondary N) is 2. The van der Waals surface area contributed by atoms with Gasteiger partial charge >= 0.3 is 0 Å². The Bertz CT molecular complexity index is 561. The molecule has 0 radical (unpaired) electrons. The molecule has 1 atom stereocenters. The van der Waals surface area contributed by atoms with Gasteiger partial charge in [-0.25, -0.2) is 0 Å². The molecule has 1 unspecified atom stereocenters. The molecular weight excluding hydrogens is 276 g/mol. The summed E-state index contributed by atoms with van der Waals surface area (Å²) in [5, 5.41) is 15.2. The van der Waals surface area contributed by atoms with Crippen LogP contribution in [-0.4, -0.2) is 29.2 Å². The van der Waals surface area contributed by atoms with E-state index in [-0.39, 0.29) is 5.91 Å². The van der Waals surface area contributed by atoms with Crippen LogP contribution in [0.1, 0.15) is 19.3 Å². The Hall–Kier alpha value is -1.73. The number of anilines is 1. The first-order valence-corrected chi connectivity index (χ1v) is 7.51. The monoisotopic (exact) mass is 292 g/mol. The molecular formula is C13H16N4O2S. The van der Waals surface area contributed by atoms with Crippen molar-refractivity contribution in [1.29, 1.82) is 0 Å². The van der Waals surface area contributed by atoms with E-state index in [1.165, 1.54) is 11.3 Å². The van der Waals surface area contributed by atoms with Gasteiger partial charge in [0, 0.05) is 6.42 Å². The lowest BCUT2D eigenvalue weighted by atomic mass is 10.0. The van der Waals surface area contributed by atoms with E-state index < -0.39 is 0 Å². The molecule has 0 saturated carbocycles. The average molecular weight is 292 g/mol. The van der Waals surface area contributed by atoms with Crippen molar-refractivity contribution >= 4 is 22.4 Å². The molecule has 20 heavy (non-hydrogen) atoms. The largest absolute Gasteiger partial charge is 0.462 e. The van der Waals surface area contributed by atoms with E-state index in [2.05, 4.69) is 20.8 Å². The maximum Gasteiger partial charge on any atom is 0.226 e. The number of rotatable bonds is 5.